The lowest BCUT2D eigenvalue weighted by Crippen LogP contribution is -2.58. The van der Waals surface area contributed by atoms with Crippen LogP contribution in [-0.4, -0.2) is 42.3 Å². The Balaban J connectivity index is 2.79. The first-order chi connectivity index (χ1) is 5.09. The normalized spacial score (nSPS) is 31.2. The lowest BCUT2D eigenvalue weighted by molar-refractivity contribution is -0.151. The van der Waals surface area contributed by atoms with Gasteiger partial charge in [-0.15, -0.1) is 0 Å². The van der Waals surface area contributed by atoms with Gasteiger partial charge < -0.3 is 5.11 Å². The molecule has 4 nitrogen and oxygen atoms in total. The van der Waals surface area contributed by atoms with Crippen molar-refractivity contribution in [3.8, 4) is 0 Å². The quantitative estimate of drug-likeness (QED) is 0.580. The fourth-order valence-corrected chi connectivity index (χ4v) is 1.48. The summed E-state index contributed by atoms with van der Waals surface area (Å²) in [7, 11) is 3.57. The van der Waals surface area contributed by atoms with E-state index in [2.05, 4.69) is 5.32 Å². The molecule has 0 aromatic rings. The van der Waals surface area contributed by atoms with E-state index in [1.807, 2.05) is 0 Å². The first kappa shape index (κ1) is 8.49. The van der Waals surface area contributed by atoms with Crippen LogP contribution >= 0.6 is 0 Å². The van der Waals surface area contributed by atoms with E-state index in [9.17, 15) is 4.79 Å². The van der Waals surface area contributed by atoms with Gasteiger partial charge in [0.25, 0.3) is 0 Å². The van der Waals surface area contributed by atoms with Crippen LogP contribution < -0.4 is 5.32 Å². The molecule has 1 rings (SSSR count). The number of carbonyl (C=O) groups is 1. The van der Waals surface area contributed by atoms with E-state index < -0.39 is 11.6 Å². The molecule has 0 aromatic carbocycles. The number of rotatable bonds is 2. The van der Waals surface area contributed by atoms with E-state index in [4.69, 9.17) is 5.11 Å². The summed E-state index contributed by atoms with van der Waals surface area (Å²) in [6.07, 6.45) is 1.62. The molecule has 64 valence electrons. The first-order valence-electron chi connectivity index (χ1n) is 3.75. The molecule has 1 atom stereocenters. The molecule has 11 heavy (non-hydrogen) atoms. The van der Waals surface area contributed by atoms with E-state index >= 15 is 0 Å². The Morgan fingerprint density at radius 1 is 1.64 bits per heavy atom. The highest BCUT2D eigenvalue weighted by Crippen LogP contribution is 2.21. The molecule has 1 aliphatic rings. The van der Waals surface area contributed by atoms with Crippen LogP contribution in [0.3, 0.4) is 0 Å². The topological polar surface area (TPSA) is 52.6 Å². The van der Waals surface area contributed by atoms with Gasteiger partial charge in [-0.3, -0.25) is 10.2 Å². The second-order valence-corrected chi connectivity index (χ2v) is 3.09. The van der Waals surface area contributed by atoms with Crippen molar-refractivity contribution >= 4 is 5.97 Å². The fourth-order valence-electron chi connectivity index (χ4n) is 1.48. The van der Waals surface area contributed by atoms with Crippen LogP contribution in [0, 0.1) is 0 Å². The van der Waals surface area contributed by atoms with Gasteiger partial charge in [0, 0.05) is 0 Å². The fraction of sp³-hybridized carbons (Fsp3) is 0.857. The minimum Gasteiger partial charge on any atom is -0.479 e. The Hall–Kier alpha value is -0.610. The van der Waals surface area contributed by atoms with Gasteiger partial charge >= 0.3 is 5.97 Å². The van der Waals surface area contributed by atoms with Gasteiger partial charge in [-0.05, 0) is 33.5 Å². The zero-order valence-corrected chi connectivity index (χ0v) is 6.92. The summed E-state index contributed by atoms with van der Waals surface area (Å²) in [5.41, 5.74) is -0.806. The smallest absolute Gasteiger partial charge is 0.339 e. The van der Waals surface area contributed by atoms with Crippen molar-refractivity contribution in [2.75, 3.05) is 20.6 Å². The van der Waals surface area contributed by atoms with Gasteiger partial charge in [-0.25, -0.2) is 4.79 Å². The lowest BCUT2D eigenvalue weighted by Gasteiger charge is -2.31. The minimum atomic E-state index is -0.806. The van der Waals surface area contributed by atoms with Gasteiger partial charge in [0.2, 0.25) is 0 Å². The highest BCUT2D eigenvalue weighted by Gasteiger charge is 2.43. The number of nitrogens with one attached hydrogen (secondary N) is 1. The summed E-state index contributed by atoms with van der Waals surface area (Å²) in [6, 6.07) is 0. The highest BCUT2D eigenvalue weighted by molar-refractivity contribution is 5.78. The molecule has 0 bridgehead atoms. The average Bonchev–Trinajstić information content (AvgIpc) is 2.34. The van der Waals surface area contributed by atoms with Crippen molar-refractivity contribution in [2.24, 2.45) is 0 Å². The number of carboxylic acids is 1. The average molecular weight is 158 g/mol. The molecule has 1 fully saturated rings. The summed E-state index contributed by atoms with van der Waals surface area (Å²) in [4.78, 5) is 12.6. The number of hydrogen-bond acceptors (Lipinski definition) is 3. The molecule has 4 heteroatoms. The molecule has 1 saturated heterocycles. The van der Waals surface area contributed by atoms with Crippen molar-refractivity contribution in [1.82, 2.24) is 10.2 Å². The van der Waals surface area contributed by atoms with Crippen molar-refractivity contribution in [2.45, 2.75) is 18.5 Å². The van der Waals surface area contributed by atoms with E-state index in [1.165, 1.54) is 0 Å². The van der Waals surface area contributed by atoms with E-state index in [0.717, 1.165) is 13.0 Å². The summed E-state index contributed by atoms with van der Waals surface area (Å²) in [5, 5.41) is 11.9. The summed E-state index contributed by atoms with van der Waals surface area (Å²) in [5.74, 6) is -0.778. The van der Waals surface area contributed by atoms with Crippen molar-refractivity contribution in [1.29, 1.82) is 0 Å². The standard InChI is InChI=1S/C7H14N2O2/c1-9(2)7(6(10)11)4-3-5-8-7/h8H,3-5H2,1-2H3,(H,10,11)/t7-/m1/s1. The van der Waals surface area contributed by atoms with Gasteiger partial charge in [-0.2, -0.15) is 0 Å². The second-order valence-electron chi connectivity index (χ2n) is 3.09. The second kappa shape index (κ2) is 2.79. The van der Waals surface area contributed by atoms with Crippen LogP contribution in [-0.2, 0) is 4.79 Å². The summed E-state index contributed by atoms with van der Waals surface area (Å²) >= 11 is 0. The Kier molecular flexibility index (Phi) is 2.15. The number of carboxylic acid groups (broad SMARTS) is 1. The number of hydrogen-bond donors (Lipinski definition) is 2. The first-order valence-corrected chi connectivity index (χ1v) is 3.75. The summed E-state index contributed by atoms with van der Waals surface area (Å²) in [6.45, 7) is 0.796. The Labute approximate surface area is 66.2 Å². The molecule has 0 radical (unpaired) electrons. The third-order valence-corrected chi connectivity index (χ3v) is 2.25. The molecule has 2 N–H and O–H groups in total. The lowest BCUT2D eigenvalue weighted by atomic mass is 10.1. The van der Waals surface area contributed by atoms with Gasteiger partial charge in [-0.1, -0.05) is 0 Å². The zero-order valence-electron chi connectivity index (χ0n) is 6.92. The van der Waals surface area contributed by atoms with Crippen LogP contribution in [0.4, 0.5) is 0 Å². The van der Waals surface area contributed by atoms with E-state index in [-0.39, 0.29) is 0 Å². The van der Waals surface area contributed by atoms with Gasteiger partial charge in [0.05, 0.1) is 0 Å². The van der Waals surface area contributed by atoms with Crippen LogP contribution in [0.2, 0.25) is 0 Å². The largest absolute Gasteiger partial charge is 0.479 e. The monoisotopic (exact) mass is 158 g/mol. The SMILES string of the molecule is CN(C)[C@@]1(C(=O)O)CCCN1. The van der Waals surface area contributed by atoms with E-state index in [1.54, 1.807) is 19.0 Å². The zero-order chi connectivity index (χ0) is 8.48. The maximum atomic E-state index is 10.9. The highest BCUT2D eigenvalue weighted by atomic mass is 16.4. The minimum absolute atomic E-state index is 0.690. The number of likely N-dealkylation sites (N-methyl/N-ethyl adjacent to an activating group) is 1. The Bertz CT molecular complexity index is 162. The predicted molar refractivity (Wildman–Crippen MR) is 41.3 cm³/mol. The third-order valence-electron chi connectivity index (χ3n) is 2.25. The maximum Gasteiger partial charge on any atom is 0.339 e. The third kappa shape index (κ3) is 1.23. The summed E-state index contributed by atoms with van der Waals surface area (Å²) < 4.78 is 0. The van der Waals surface area contributed by atoms with Crippen molar-refractivity contribution in [3.05, 3.63) is 0 Å². The molecule has 1 aliphatic heterocycles. The van der Waals surface area contributed by atoms with Crippen LogP contribution in [0.25, 0.3) is 0 Å². The Morgan fingerprint density at radius 2 is 2.27 bits per heavy atom. The molecule has 1 heterocycles. The van der Waals surface area contributed by atoms with Gasteiger partial charge in [0.1, 0.15) is 0 Å². The molecule has 0 amide bonds. The molecular weight excluding hydrogens is 144 g/mol. The molecule has 0 spiro atoms. The predicted octanol–water partition coefficient (Wildman–Crippen LogP) is -0.288. The molecule has 0 saturated carbocycles. The number of nitrogens with zero attached hydrogens (tertiary/aromatic N) is 1. The molecule has 0 unspecified atom stereocenters. The van der Waals surface area contributed by atoms with Crippen LogP contribution in [0.1, 0.15) is 12.8 Å². The molecular formula is C7H14N2O2. The maximum absolute atomic E-state index is 10.9. The Morgan fingerprint density at radius 3 is 2.45 bits per heavy atom. The van der Waals surface area contributed by atoms with Gasteiger partial charge in [0.15, 0.2) is 5.66 Å². The molecule has 0 aliphatic carbocycles. The number of aliphatic carboxylic acids is 1. The van der Waals surface area contributed by atoms with Crippen molar-refractivity contribution < 1.29 is 9.90 Å². The van der Waals surface area contributed by atoms with Crippen molar-refractivity contribution in [3.63, 3.8) is 0 Å². The van der Waals surface area contributed by atoms with Crippen LogP contribution in [0.5, 0.6) is 0 Å². The molecule has 0 aromatic heterocycles. The van der Waals surface area contributed by atoms with Crippen LogP contribution in [0.15, 0.2) is 0 Å². The van der Waals surface area contributed by atoms with E-state index in [0.29, 0.717) is 6.42 Å².